The number of hydrogen-bond acceptors (Lipinski definition) is 3. The highest BCUT2D eigenvalue weighted by atomic mass is 16.3. The molecule has 0 saturated carbocycles. The van der Waals surface area contributed by atoms with Crippen molar-refractivity contribution >= 4 is 17.4 Å². The molecule has 0 radical (unpaired) electrons. The lowest BCUT2D eigenvalue weighted by atomic mass is 9.82. The summed E-state index contributed by atoms with van der Waals surface area (Å²) in [4.78, 5) is 28.0. The van der Waals surface area contributed by atoms with Gasteiger partial charge >= 0.3 is 0 Å². The molecule has 2 aromatic carbocycles. The lowest BCUT2D eigenvalue weighted by Gasteiger charge is -2.29. The van der Waals surface area contributed by atoms with E-state index >= 15 is 0 Å². The summed E-state index contributed by atoms with van der Waals surface area (Å²) < 4.78 is 0. The van der Waals surface area contributed by atoms with Crippen LogP contribution in [-0.4, -0.2) is 16.8 Å². The maximum Gasteiger partial charge on any atom is 0.294 e. The van der Waals surface area contributed by atoms with Crippen LogP contribution >= 0.6 is 0 Å². The average molecular weight is 420 g/mol. The van der Waals surface area contributed by atoms with Gasteiger partial charge in [-0.25, -0.2) is 0 Å². The van der Waals surface area contributed by atoms with Gasteiger partial charge in [-0.15, -0.1) is 0 Å². The van der Waals surface area contributed by atoms with Crippen LogP contribution in [0.25, 0.3) is 0 Å². The number of hydrogen-bond donors (Lipinski definition) is 1. The normalized spacial score (nSPS) is 17.5. The fourth-order valence-corrected chi connectivity index (χ4v) is 3.88. The number of carbonyl (C=O) groups is 2. The molecule has 0 aliphatic carbocycles. The third-order valence-electron chi connectivity index (χ3n) is 5.85. The minimum Gasteiger partial charge on any atom is -0.503 e. The Balaban J connectivity index is 2.15. The SMILES string of the molecule is CCc1ccc(C2C(C(=O)C(C)(C)C)=C(O)C(=O)N2c2ccc(C(C)(C)C)cc2)cc1. The predicted molar refractivity (Wildman–Crippen MR) is 125 cm³/mol. The highest BCUT2D eigenvalue weighted by molar-refractivity contribution is 6.17. The second kappa shape index (κ2) is 7.99. The van der Waals surface area contributed by atoms with Gasteiger partial charge in [0.25, 0.3) is 5.91 Å². The monoisotopic (exact) mass is 419 g/mol. The van der Waals surface area contributed by atoms with E-state index in [4.69, 9.17) is 0 Å². The van der Waals surface area contributed by atoms with Gasteiger partial charge in [0.05, 0.1) is 11.6 Å². The lowest BCUT2D eigenvalue weighted by molar-refractivity contribution is -0.123. The van der Waals surface area contributed by atoms with Crippen LogP contribution in [0, 0.1) is 5.41 Å². The first-order valence-electron chi connectivity index (χ1n) is 10.9. The minimum atomic E-state index is -0.725. The van der Waals surface area contributed by atoms with Crippen molar-refractivity contribution in [1.82, 2.24) is 0 Å². The van der Waals surface area contributed by atoms with Crippen molar-refractivity contribution in [2.24, 2.45) is 5.41 Å². The topological polar surface area (TPSA) is 57.6 Å². The van der Waals surface area contributed by atoms with E-state index in [1.54, 1.807) is 25.7 Å². The standard InChI is InChI=1S/C27H33NO3/c1-8-17-9-11-18(12-10-17)22-21(24(30)27(5,6)7)23(29)25(31)28(22)20-15-13-19(14-16-20)26(2,3)4/h9-16,22,29H,8H2,1-7H3. The van der Waals surface area contributed by atoms with Crippen molar-refractivity contribution < 1.29 is 14.7 Å². The summed E-state index contributed by atoms with van der Waals surface area (Å²) in [5, 5.41) is 10.8. The smallest absolute Gasteiger partial charge is 0.294 e. The Morgan fingerprint density at radius 3 is 1.94 bits per heavy atom. The zero-order chi connectivity index (χ0) is 23.1. The zero-order valence-electron chi connectivity index (χ0n) is 19.6. The second-order valence-electron chi connectivity index (χ2n) is 10.3. The Labute approximate surface area is 185 Å². The van der Waals surface area contributed by atoms with Crippen LogP contribution in [0.3, 0.4) is 0 Å². The molecular formula is C27H33NO3. The van der Waals surface area contributed by atoms with Crippen LogP contribution in [0.4, 0.5) is 5.69 Å². The number of aryl methyl sites for hydroxylation is 1. The quantitative estimate of drug-likeness (QED) is 0.655. The van der Waals surface area contributed by atoms with E-state index < -0.39 is 23.1 Å². The molecular weight excluding hydrogens is 386 g/mol. The molecule has 1 aliphatic rings. The summed E-state index contributed by atoms with van der Waals surface area (Å²) in [6.07, 6.45) is 0.900. The fourth-order valence-electron chi connectivity index (χ4n) is 3.88. The van der Waals surface area contributed by atoms with Crippen LogP contribution in [-0.2, 0) is 21.4 Å². The van der Waals surface area contributed by atoms with Crippen LogP contribution < -0.4 is 4.90 Å². The lowest BCUT2D eigenvalue weighted by Crippen LogP contribution is -2.32. The Bertz CT molecular complexity index is 1020. The van der Waals surface area contributed by atoms with Crippen LogP contribution in [0.1, 0.15) is 71.2 Å². The maximum absolute atomic E-state index is 13.3. The summed E-state index contributed by atoms with van der Waals surface area (Å²) in [6.45, 7) is 13.9. The number of aliphatic hydroxyl groups excluding tert-OH is 1. The van der Waals surface area contributed by atoms with Crippen molar-refractivity contribution in [2.75, 3.05) is 4.90 Å². The van der Waals surface area contributed by atoms with Crippen LogP contribution in [0.2, 0.25) is 0 Å². The first-order chi connectivity index (χ1) is 14.4. The summed E-state index contributed by atoms with van der Waals surface area (Å²) in [5.74, 6) is -1.22. The molecule has 1 heterocycles. The molecule has 1 aliphatic heterocycles. The Morgan fingerprint density at radius 1 is 0.935 bits per heavy atom. The van der Waals surface area contributed by atoms with Gasteiger partial charge < -0.3 is 5.11 Å². The van der Waals surface area contributed by atoms with Gasteiger partial charge in [-0.1, -0.05) is 84.9 Å². The number of carbonyl (C=O) groups excluding carboxylic acids is 2. The molecule has 164 valence electrons. The number of nitrogens with zero attached hydrogens (tertiary/aromatic N) is 1. The third-order valence-corrected chi connectivity index (χ3v) is 5.85. The van der Waals surface area contributed by atoms with E-state index in [2.05, 4.69) is 27.7 Å². The molecule has 0 aromatic heterocycles. The predicted octanol–water partition coefficient (Wildman–Crippen LogP) is 6.06. The second-order valence-corrected chi connectivity index (χ2v) is 10.3. The van der Waals surface area contributed by atoms with E-state index in [-0.39, 0.29) is 16.8 Å². The van der Waals surface area contributed by atoms with Crippen molar-refractivity contribution in [3.05, 3.63) is 76.6 Å². The summed E-state index contributed by atoms with van der Waals surface area (Å²) in [6, 6.07) is 15.0. The van der Waals surface area contributed by atoms with Crippen molar-refractivity contribution in [2.45, 2.75) is 66.3 Å². The molecule has 0 bridgehead atoms. The number of Topliss-reactive ketones (excluding diaryl/α,β-unsaturated/α-hetero) is 1. The van der Waals surface area contributed by atoms with E-state index in [1.807, 2.05) is 48.5 Å². The van der Waals surface area contributed by atoms with E-state index in [1.165, 1.54) is 5.56 Å². The molecule has 1 amide bonds. The third kappa shape index (κ3) is 4.30. The Morgan fingerprint density at radius 2 is 1.48 bits per heavy atom. The summed E-state index contributed by atoms with van der Waals surface area (Å²) >= 11 is 0. The summed E-state index contributed by atoms with van der Waals surface area (Å²) in [5.41, 5.74) is 3.21. The first kappa shape index (κ1) is 22.8. The van der Waals surface area contributed by atoms with Gasteiger partial charge in [0.1, 0.15) is 0 Å². The number of benzene rings is 2. The average Bonchev–Trinajstić information content (AvgIpc) is 2.97. The van der Waals surface area contributed by atoms with Crippen molar-refractivity contribution in [1.29, 1.82) is 0 Å². The largest absolute Gasteiger partial charge is 0.503 e. The molecule has 4 nitrogen and oxygen atoms in total. The molecule has 1 unspecified atom stereocenters. The minimum absolute atomic E-state index is 0.0172. The van der Waals surface area contributed by atoms with Gasteiger partial charge in [0, 0.05) is 11.1 Å². The molecule has 3 rings (SSSR count). The molecule has 0 spiro atoms. The molecule has 4 heteroatoms. The highest BCUT2D eigenvalue weighted by Gasteiger charge is 2.46. The molecule has 0 fully saturated rings. The number of amides is 1. The van der Waals surface area contributed by atoms with E-state index in [9.17, 15) is 14.7 Å². The fraction of sp³-hybridized carbons (Fsp3) is 0.407. The van der Waals surface area contributed by atoms with Crippen molar-refractivity contribution in [3.8, 4) is 0 Å². The zero-order valence-corrected chi connectivity index (χ0v) is 19.6. The number of aliphatic hydroxyl groups is 1. The molecule has 31 heavy (non-hydrogen) atoms. The summed E-state index contributed by atoms with van der Waals surface area (Å²) in [7, 11) is 0. The van der Waals surface area contributed by atoms with Gasteiger partial charge in [0.2, 0.25) is 0 Å². The number of rotatable bonds is 4. The maximum atomic E-state index is 13.3. The molecule has 1 atom stereocenters. The van der Waals surface area contributed by atoms with Crippen molar-refractivity contribution in [3.63, 3.8) is 0 Å². The van der Waals surface area contributed by atoms with Crippen LogP contribution in [0.5, 0.6) is 0 Å². The Kier molecular flexibility index (Phi) is 5.88. The van der Waals surface area contributed by atoms with Gasteiger partial charge in [-0.05, 0) is 40.7 Å². The number of anilines is 1. The Hall–Kier alpha value is -2.88. The van der Waals surface area contributed by atoms with Gasteiger partial charge in [-0.2, -0.15) is 0 Å². The number of ketones is 1. The molecule has 0 saturated heterocycles. The van der Waals surface area contributed by atoms with E-state index in [0.29, 0.717) is 5.69 Å². The highest BCUT2D eigenvalue weighted by Crippen LogP contribution is 2.43. The van der Waals surface area contributed by atoms with E-state index in [0.717, 1.165) is 17.5 Å². The van der Waals surface area contributed by atoms with Crippen LogP contribution in [0.15, 0.2) is 59.9 Å². The van der Waals surface area contributed by atoms with Gasteiger partial charge in [-0.3, -0.25) is 14.5 Å². The first-order valence-corrected chi connectivity index (χ1v) is 10.9. The molecule has 1 N–H and O–H groups in total. The molecule has 2 aromatic rings. The van der Waals surface area contributed by atoms with Gasteiger partial charge in [0.15, 0.2) is 11.5 Å².